The minimum Gasteiger partial charge on any atom is -0.457 e. The highest BCUT2D eigenvalue weighted by molar-refractivity contribution is 5.09. The van der Waals surface area contributed by atoms with E-state index in [2.05, 4.69) is 6.92 Å². The SMILES string of the molecule is CCCCCCCCCCCCc1ccc(C(F)(F)F)o1. The quantitative estimate of drug-likeness (QED) is 0.411. The van der Waals surface area contributed by atoms with Gasteiger partial charge in [0.2, 0.25) is 5.76 Å². The van der Waals surface area contributed by atoms with E-state index < -0.39 is 11.9 Å². The molecule has 1 nitrogen and oxygen atoms in total. The van der Waals surface area contributed by atoms with Crippen LogP contribution in [0.1, 0.15) is 82.7 Å². The van der Waals surface area contributed by atoms with Gasteiger partial charge >= 0.3 is 6.18 Å². The summed E-state index contributed by atoms with van der Waals surface area (Å²) in [5.74, 6) is -0.438. The minimum absolute atomic E-state index is 0.446. The molecule has 0 aliphatic rings. The van der Waals surface area contributed by atoms with Gasteiger partial charge < -0.3 is 4.42 Å². The summed E-state index contributed by atoms with van der Waals surface area (Å²) >= 11 is 0. The second-order valence-corrected chi connectivity index (χ2v) is 5.70. The van der Waals surface area contributed by atoms with Crippen LogP contribution >= 0.6 is 0 Å². The lowest BCUT2D eigenvalue weighted by Crippen LogP contribution is -2.02. The second kappa shape index (κ2) is 9.91. The van der Waals surface area contributed by atoms with Gasteiger partial charge in [0.15, 0.2) is 0 Å². The molecule has 122 valence electrons. The third-order valence-electron chi connectivity index (χ3n) is 3.72. The predicted octanol–water partition coefficient (Wildman–Crippen LogP) is 6.76. The Kier molecular flexibility index (Phi) is 8.55. The molecule has 1 aromatic heterocycles. The molecule has 0 aromatic carbocycles. The summed E-state index contributed by atoms with van der Waals surface area (Å²) in [5, 5.41) is 0. The van der Waals surface area contributed by atoms with Crippen molar-refractivity contribution in [3.05, 3.63) is 23.7 Å². The molecular weight excluding hydrogens is 277 g/mol. The highest BCUT2D eigenvalue weighted by Crippen LogP contribution is 2.30. The van der Waals surface area contributed by atoms with Gasteiger partial charge in [0.05, 0.1) is 0 Å². The molecule has 0 radical (unpaired) electrons. The van der Waals surface area contributed by atoms with Crippen molar-refractivity contribution in [1.82, 2.24) is 0 Å². The summed E-state index contributed by atoms with van der Waals surface area (Å²) in [7, 11) is 0. The van der Waals surface area contributed by atoms with E-state index in [-0.39, 0.29) is 0 Å². The molecule has 0 aliphatic heterocycles. The van der Waals surface area contributed by atoms with Crippen LogP contribution in [0.5, 0.6) is 0 Å². The van der Waals surface area contributed by atoms with Crippen molar-refractivity contribution < 1.29 is 17.6 Å². The van der Waals surface area contributed by atoms with Crippen LogP contribution in [0.25, 0.3) is 0 Å². The topological polar surface area (TPSA) is 13.1 Å². The molecule has 1 rings (SSSR count). The average Bonchev–Trinajstić information content (AvgIpc) is 2.90. The van der Waals surface area contributed by atoms with Crippen LogP contribution in [-0.4, -0.2) is 0 Å². The fourth-order valence-electron chi connectivity index (χ4n) is 2.45. The Hall–Kier alpha value is -0.930. The van der Waals surface area contributed by atoms with E-state index in [9.17, 15) is 13.2 Å². The van der Waals surface area contributed by atoms with E-state index >= 15 is 0 Å². The van der Waals surface area contributed by atoms with Crippen molar-refractivity contribution in [1.29, 1.82) is 0 Å². The van der Waals surface area contributed by atoms with Gasteiger partial charge in [-0.3, -0.25) is 0 Å². The molecular formula is C17H27F3O. The average molecular weight is 304 g/mol. The monoisotopic (exact) mass is 304 g/mol. The predicted molar refractivity (Wildman–Crippen MR) is 79.3 cm³/mol. The fraction of sp³-hybridized carbons (Fsp3) is 0.765. The second-order valence-electron chi connectivity index (χ2n) is 5.70. The van der Waals surface area contributed by atoms with Crippen molar-refractivity contribution in [3.8, 4) is 0 Å². The maximum atomic E-state index is 12.3. The molecule has 0 atom stereocenters. The highest BCUT2D eigenvalue weighted by Gasteiger charge is 2.34. The van der Waals surface area contributed by atoms with Crippen LogP contribution in [0.2, 0.25) is 0 Å². The molecule has 21 heavy (non-hydrogen) atoms. The first-order chi connectivity index (χ1) is 10.0. The summed E-state index contributed by atoms with van der Waals surface area (Å²) in [6, 6.07) is 2.46. The van der Waals surface area contributed by atoms with Crippen LogP contribution in [0, 0.1) is 0 Å². The summed E-state index contributed by atoms with van der Waals surface area (Å²) in [4.78, 5) is 0. The molecule has 0 fully saturated rings. The molecule has 0 unspecified atom stereocenters. The van der Waals surface area contributed by atoms with Gasteiger partial charge in [0, 0.05) is 6.42 Å². The van der Waals surface area contributed by atoms with Gasteiger partial charge in [0.1, 0.15) is 5.76 Å². The zero-order valence-electron chi connectivity index (χ0n) is 13.0. The molecule has 4 heteroatoms. The lowest BCUT2D eigenvalue weighted by molar-refractivity contribution is -0.153. The summed E-state index contributed by atoms with van der Waals surface area (Å²) in [6.07, 6.45) is 8.50. The first-order valence-corrected chi connectivity index (χ1v) is 8.20. The van der Waals surface area contributed by atoms with Crippen LogP contribution in [-0.2, 0) is 12.6 Å². The summed E-state index contributed by atoms with van der Waals surface area (Å²) in [6.45, 7) is 2.22. The fourth-order valence-corrected chi connectivity index (χ4v) is 2.45. The normalized spacial score (nSPS) is 12.0. The first-order valence-electron chi connectivity index (χ1n) is 8.20. The van der Waals surface area contributed by atoms with Crippen molar-refractivity contribution in [2.45, 2.75) is 83.7 Å². The lowest BCUT2D eigenvalue weighted by Gasteiger charge is -2.02. The zero-order valence-corrected chi connectivity index (χ0v) is 13.0. The molecule has 0 amide bonds. The molecule has 0 bridgehead atoms. The maximum absolute atomic E-state index is 12.3. The number of alkyl halides is 3. The van der Waals surface area contributed by atoms with Crippen LogP contribution < -0.4 is 0 Å². The summed E-state index contributed by atoms with van der Waals surface area (Å²) < 4.78 is 41.8. The molecule has 0 N–H and O–H groups in total. The van der Waals surface area contributed by atoms with Gasteiger partial charge in [-0.2, -0.15) is 13.2 Å². The number of furan rings is 1. The Morgan fingerprint density at radius 3 is 1.81 bits per heavy atom. The Bertz CT molecular complexity index is 368. The van der Waals surface area contributed by atoms with Crippen molar-refractivity contribution >= 4 is 0 Å². The molecule has 0 aliphatic carbocycles. The molecule has 0 spiro atoms. The van der Waals surface area contributed by atoms with Crippen LogP contribution in [0.4, 0.5) is 13.2 Å². The van der Waals surface area contributed by atoms with Gasteiger partial charge in [-0.15, -0.1) is 0 Å². The van der Waals surface area contributed by atoms with Gasteiger partial charge in [0.25, 0.3) is 0 Å². The third-order valence-corrected chi connectivity index (χ3v) is 3.72. The van der Waals surface area contributed by atoms with E-state index in [0.29, 0.717) is 12.2 Å². The largest absolute Gasteiger partial charge is 0.457 e. The smallest absolute Gasteiger partial charge is 0.449 e. The van der Waals surface area contributed by atoms with Gasteiger partial charge in [-0.25, -0.2) is 0 Å². The number of hydrogen-bond acceptors (Lipinski definition) is 1. The highest BCUT2D eigenvalue weighted by atomic mass is 19.4. The Balaban J connectivity index is 1.98. The molecule has 0 saturated carbocycles. The van der Waals surface area contributed by atoms with Gasteiger partial charge in [-0.05, 0) is 18.6 Å². The van der Waals surface area contributed by atoms with E-state index in [1.165, 1.54) is 57.4 Å². The van der Waals surface area contributed by atoms with Crippen LogP contribution in [0.3, 0.4) is 0 Å². The van der Waals surface area contributed by atoms with Crippen LogP contribution in [0.15, 0.2) is 16.5 Å². The lowest BCUT2D eigenvalue weighted by atomic mass is 10.1. The Morgan fingerprint density at radius 1 is 0.810 bits per heavy atom. The van der Waals surface area contributed by atoms with E-state index in [0.717, 1.165) is 18.9 Å². The Morgan fingerprint density at radius 2 is 1.33 bits per heavy atom. The molecule has 1 aromatic rings. The zero-order chi connectivity index (χ0) is 15.6. The molecule has 0 saturated heterocycles. The van der Waals surface area contributed by atoms with E-state index in [1.807, 2.05) is 0 Å². The standard InChI is InChI=1S/C17H27F3O/c1-2-3-4-5-6-7-8-9-10-11-12-15-13-14-16(21-15)17(18,19)20/h13-14H,2-12H2,1H3. The van der Waals surface area contributed by atoms with Crippen molar-refractivity contribution in [3.63, 3.8) is 0 Å². The number of rotatable bonds is 11. The number of aryl methyl sites for hydroxylation is 1. The summed E-state index contributed by atoms with van der Waals surface area (Å²) in [5.41, 5.74) is 0. The number of unbranched alkanes of at least 4 members (excludes halogenated alkanes) is 9. The number of halogens is 3. The van der Waals surface area contributed by atoms with E-state index in [4.69, 9.17) is 4.42 Å². The molecule has 1 heterocycles. The maximum Gasteiger partial charge on any atom is 0.449 e. The van der Waals surface area contributed by atoms with E-state index in [1.54, 1.807) is 0 Å². The first kappa shape index (κ1) is 18.1. The Labute approximate surface area is 125 Å². The van der Waals surface area contributed by atoms with Crippen molar-refractivity contribution in [2.75, 3.05) is 0 Å². The minimum atomic E-state index is -4.37. The van der Waals surface area contributed by atoms with Crippen molar-refractivity contribution in [2.24, 2.45) is 0 Å². The third kappa shape index (κ3) is 8.18. The number of hydrogen-bond donors (Lipinski definition) is 0. The van der Waals surface area contributed by atoms with Gasteiger partial charge in [-0.1, -0.05) is 64.7 Å².